The molecule has 190 valence electrons. The van der Waals surface area contributed by atoms with Crippen LogP contribution < -0.4 is 24.8 Å². The number of hydrogen-bond donors (Lipinski definition) is 2. The molecule has 0 fully saturated rings. The Labute approximate surface area is 224 Å². The fourth-order valence-corrected chi connectivity index (χ4v) is 3.55. The molecule has 0 aliphatic carbocycles. The number of nitrogens with zero attached hydrogens (tertiary/aromatic N) is 1. The first-order chi connectivity index (χ1) is 17.8. The Morgan fingerprint density at radius 3 is 2.24 bits per heavy atom. The zero-order valence-corrected chi connectivity index (χ0v) is 21.5. The number of ether oxygens (including phenoxy) is 3. The second-order valence-electron chi connectivity index (χ2n) is 7.46. The number of carbonyl (C=O) groups excluding carboxylic acids is 2. The Bertz CT molecular complexity index is 1330. The summed E-state index contributed by atoms with van der Waals surface area (Å²) in [6.45, 7) is 2.07. The van der Waals surface area contributed by atoms with E-state index in [-0.39, 0.29) is 28.7 Å². The van der Waals surface area contributed by atoms with E-state index in [2.05, 4.69) is 10.6 Å². The van der Waals surface area contributed by atoms with Crippen LogP contribution in [0, 0.1) is 11.3 Å². The number of halogens is 2. The van der Waals surface area contributed by atoms with Crippen LogP contribution in [0.15, 0.2) is 66.2 Å². The third kappa shape index (κ3) is 7.90. The smallest absolute Gasteiger partial charge is 0.266 e. The third-order valence-electron chi connectivity index (χ3n) is 4.83. The van der Waals surface area contributed by atoms with Gasteiger partial charge in [0.15, 0.2) is 18.1 Å². The second kappa shape index (κ2) is 13.2. The number of methoxy groups -OCH3 is 1. The van der Waals surface area contributed by atoms with Gasteiger partial charge in [0.1, 0.15) is 17.4 Å². The lowest BCUT2D eigenvalue weighted by Gasteiger charge is -2.13. The normalized spacial score (nSPS) is 10.7. The van der Waals surface area contributed by atoms with Gasteiger partial charge in [-0.25, -0.2) is 0 Å². The summed E-state index contributed by atoms with van der Waals surface area (Å²) >= 11 is 12.2. The SMILES string of the molecule is CCOc1ccc(NC(=O)/C(C#N)=C/c2cc(Cl)c(OCC(=O)Nc3ccc(Cl)cc3)c(OC)c2)cc1. The van der Waals surface area contributed by atoms with Gasteiger partial charge in [-0.05, 0) is 79.2 Å². The van der Waals surface area contributed by atoms with Gasteiger partial charge in [-0.3, -0.25) is 9.59 Å². The number of nitrogens with one attached hydrogen (secondary N) is 2. The summed E-state index contributed by atoms with van der Waals surface area (Å²) in [6, 6.07) is 18.3. The van der Waals surface area contributed by atoms with Crippen LogP contribution in [0.2, 0.25) is 10.0 Å². The van der Waals surface area contributed by atoms with Gasteiger partial charge in [0.25, 0.3) is 11.8 Å². The fraction of sp³-hybridized carbons (Fsp3) is 0.148. The Balaban J connectivity index is 1.70. The number of nitriles is 1. The molecule has 0 atom stereocenters. The molecule has 3 aromatic carbocycles. The van der Waals surface area contributed by atoms with Gasteiger partial charge in [-0.15, -0.1) is 0 Å². The summed E-state index contributed by atoms with van der Waals surface area (Å²) in [5.41, 5.74) is 1.34. The van der Waals surface area contributed by atoms with Gasteiger partial charge in [0, 0.05) is 16.4 Å². The highest BCUT2D eigenvalue weighted by molar-refractivity contribution is 6.32. The van der Waals surface area contributed by atoms with Gasteiger partial charge >= 0.3 is 0 Å². The molecule has 2 amide bonds. The summed E-state index contributed by atoms with van der Waals surface area (Å²) in [6.07, 6.45) is 1.37. The van der Waals surface area contributed by atoms with Gasteiger partial charge in [0.05, 0.1) is 18.7 Å². The first kappa shape index (κ1) is 27.4. The van der Waals surface area contributed by atoms with E-state index in [4.69, 9.17) is 37.4 Å². The van der Waals surface area contributed by atoms with Crippen LogP contribution in [0.5, 0.6) is 17.2 Å². The topological polar surface area (TPSA) is 110 Å². The molecule has 3 rings (SSSR count). The molecule has 0 radical (unpaired) electrons. The molecule has 0 saturated carbocycles. The predicted octanol–water partition coefficient (Wildman–Crippen LogP) is 5.96. The first-order valence-electron chi connectivity index (χ1n) is 11.0. The summed E-state index contributed by atoms with van der Waals surface area (Å²) in [5, 5.41) is 15.6. The van der Waals surface area contributed by atoms with E-state index in [1.54, 1.807) is 54.6 Å². The molecule has 0 aliphatic rings. The van der Waals surface area contributed by atoms with Crippen molar-refractivity contribution in [2.75, 3.05) is 31.0 Å². The lowest BCUT2D eigenvalue weighted by atomic mass is 10.1. The fourth-order valence-electron chi connectivity index (χ4n) is 3.15. The van der Waals surface area contributed by atoms with E-state index in [0.29, 0.717) is 34.3 Å². The Kier molecular flexibility index (Phi) is 9.78. The molecule has 0 aromatic heterocycles. The quantitative estimate of drug-likeness (QED) is 0.243. The monoisotopic (exact) mass is 539 g/mol. The molecule has 10 heteroatoms. The van der Waals surface area contributed by atoms with E-state index in [9.17, 15) is 14.9 Å². The van der Waals surface area contributed by atoms with E-state index < -0.39 is 11.8 Å². The van der Waals surface area contributed by atoms with Gasteiger partial charge in [-0.2, -0.15) is 5.26 Å². The second-order valence-corrected chi connectivity index (χ2v) is 8.30. The van der Waals surface area contributed by atoms with Crippen molar-refractivity contribution in [3.05, 3.63) is 81.8 Å². The Morgan fingerprint density at radius 2 is 1.62 bits per heavy atom. The van der Waals surface area contributed by atoms with Crippen molar-refractivity contribution in [1.82, 2.24) is 0 Å². The molecule has 0 bridgehead atoms. The van der Waals surface area contributed by atoms with Gasteiger partial charge in [0.2, 0.25) is 0 Å². The number of carbonyl (C=O) groups is 2. The average molecular weight is 540 g/mol. The summed E-state index contributed by atoms with van der Waals surface area (Å²) in [5.74, 6) is 0.0262. The van der Waals surface area contributed by atoms with E-state index in [1.165, 1.54) is 19.3 Å². The maximum Gasteiger partial charge on any atom is 0.266 e. The lowest BCUT2D eigenvalue weighted by molar-refractivity contribution is -0.118. The van der Waals surface area contributed by atoms with Gasteiger partial charge in [-0.1, -0.05) is 23.2 Å². The highest BCUT2D eigenvalue weighted by Gasteiger charge is 2.16. The molecule has 0 spiro atoms. The van der Waals surface area contributed by atoms with Crippen LogP contribution in [-0.2, 0) is 9.59 Å². The van der Waals surface area contributed by atoms with Crippen LogP contribution >= 0.6 is 23.2 Å². The maximum absolute atomic E-state index is 12.6. The summed E-state index contributed by atoms with van der Waals surface area (Å²) < 4.78 is 16.3. The van der Waals surface area contributed by atoms with Crippen molar-refractivity contribution in [2.45, 2.75) is 6.92 Å². The molecular weight excluding hydrogens is 517 g/mol. The molecule has 2 N–H and O–H groups in total. The lowest BCUT2D eigenvalue weighted by Crippen LogP contribution is -2.20. The number of rotatable bonds is 10. The summed E-state index contributed by atoms with van der Waals surface area (Å²) in [4.78, 5) is 24.9. The maximum atomic E-state index is 12.6. The predicted molar refractivity (Wildman–Crippen MR) is 143 cm³/mol. The minimum absolute atomic E-state index is 0.133. The number of benzene rings is 3. The van der Waals surface area contributed by atoms with Crippen LogP contribution in [-0.4, -0.2) is 32.1 Å². The van der Waals surface area contributed by atoms with Crippen molar-refractivity contribution in [3.8, 4) is 23.3 Å². The molecule has 3 aromatic rings. The largest absolute Gasteiger partial charge is 0.494 e. The molecule has 37 heavy (non-hydrogen) atoms. The number of amides is 2. The number of anilines is 2. The molecule has 0 unspecified atom stereocenters. The summed E-state index contributed by atoms with van der Waals surface area (Å²) in [7, 11) is 1.41. The third-order valence-corrected chi connectivity index (χ3v) is 5.36. The van der Waals surface area contributed by atoms with Crippen LogP contribution in [0.25, 0.3) is 6.08 Å². The van der Waals surface area contributed by atoms with E-state index in [0.717, 1.165) is 0 Å². The van der Waals surface area contributed by atoms with E-state index in [1.807, 2.05) is 13.0 Å². The molecule has 8 nitrogen and oxygen atoms in total. The highest BCUT2D eigenvalue weighted by Crippen LogP contribution is 2.37. The van der Waals surface area contributed by atoms with Crippen molar-refractivity contribution >= 4 is 52.5 Å². The van der Waals surface area contributed by atoms with E-state index >= 15 is 0 Å². The zero-order chi connectivity index (χ0) is 26.8. The van der Waals surface area contributed by atoms with Crippen LogP contribution in [0.4, 0.5) is 11.4 Å². The highest BCUT2D eigenvalue weighted by atomic mass is 35.5. The first-order valence-corrected chi connectivity index (χ1v) is 11.8. The minimum Gasteiger partial charge on any atom is -0.494 e. The van der Waals surface area contributed by atoms with Crippen molar-refractivity contribution in [2.24, 2.45) is 0 Å². The van der Waals surface area contributed by atoms with Crippen molar-refractivity contribution in [1.29, 1.82) is 5.26 Å². The Hall–Kier alpha value is -4.19. The van der Waals surface area contributed by atoms with Crippen molar-refractivity contribution in [3.63, 3.8) is 0 Å². The van der Waals surface area contributed by atoms with Gasteiger partial charge < -0.3 is 24.8 Å². The van der Waals surface area contributed by atoms with Crippen LogP contribution in [0.1, 0.15) is 12.5 Å². The zero-order valence-electron chi connectivity index (χ0n) is 20.0. The molecule has 0 saturated heterocycles. The standard InChI is InChI=1S/C27H23Cl2N3O5/c1-3-36-22-10-8-21(9-11-22)32-27(34)18(15-30)12-17-13-23(29)26(24(14-17)35-2)37-16-25(33)31-20-6-4-19(28)5-7-20/h4-14H,3,16H2,1-2H3,(H,31,33)(H,32,34)/b18-12+. The average Bonchev–Trinajstić information content (AvgIpc) is 2.88. The number of hydrogen-bond acceptors (Lipinski definition) is 6. The van der Waals surface area contributed by atoms with Crippen molar-refractivity contribution < 1.29 is 23.8 Å². The van der Waals surface area contributed by atoms with Crippen LogP contribution in [0.3, 0.4) is 0 Å². The molecule has 0 aliphatic heterocycles. The molecular formula is C27H23Cl2N3O5. The molecule has 0 heterocycles. The Morgan fingerprint density at radius 1 is 0.973 bits per heavy atom. The minimum atomic E-state index is -0.596.